The van der Waals surface area contributed by atoms with Crippen molar-refractivity contribution in [3.63, 3.8) is 0 Å². The fourth-order valence-electron chi connectivity index (χ4n) is 3.16. The molecule has 0 aromatic carbocycles. The van der Waals surface area contributed by atoms with E-state index in [4.69, 9.17) is 22.1 Å². The number of nitrogen functional groups attached to an aromatic ring is 1. The van der Waals surface area contributed by atoms with Crippen LogP contribution in [0.2, 0.25) is 5.15 Å². The molecule has 2 N–H and O–H groups in total. The molecule has 0 bridgehead atoms. The van der Waals surface area contributed by atoms with Gasteiger partial charge in [-0.25, -0.2) is 4.68 Å². The molecule has 19 heavy (non-hydrogen) atoms. The molecule has 1 aromatic rings. The highest BCUT2D eigenvalue weighted by atomic mass is 35.5. The molecule has 106 valence electrons. The van der Waals surface area contributed by atoms with E-state index in [-0.39, 0.29) is 0 Å². The maximum Gasteiger partial charge on any atom is 0.150 e. The Labute approximate surface area is 118 Å². The Balaban J connectivity index is 1.58. The number of nitrogens with two attached hydrogens (primary N) is 1. The summed E-state index contributed by atoms with van der Waals surface area (Å²) >= 11 is 6.17. The third kappa shape index (κ3) is 2.73. The summed E-state index contributed by atoms with van der Waals surface area (Å²) in [5, 5.41) is 4.89. The van der Waals surface area contributed by atoms with Gasteiger partial charge in [0.2, 0.25) is 0 Å². The summed E-state index contributed by atoms with van der Waals surface area (Å²) in [5.41, 5.74) is 6.33. The van der Waals surface area contributed by atoms with Crippen LogP contribution in [0.15, 0.2) is 6.20 Å². The monoisotopic (exact) mass is 284 g/mol. The van der Waals surface area contributed by atoms with E-state index in [9.17, 15) is 0 Å². The van der Waals surface area contributed by atoms with Crippen LogP contribution >= 0.6 is 11.6 Å². The fourth-order valence-corrected chi connectivity index (χ4v) is 3.39. The minimum Gasteiger partial charge on any atom is -0.395 e. The summed E-state index contributed by atoms with van der Waals surface area (Å²) in [4.78, 5) is 2.60. The molecule has 0 radical (unpaired) electrons. The molecule has 0 amide bonds. The van der Waals surface area contributed by atoms with Crippen molar-refractivity contribution in [2.75, 3.05) is 32.0 Å². The van der Waals surface area contributed by atoms with E-state index in [0.717, 1.165) is 39.1 Å². The van der Waals surface area contributed by atoms with Gasteiger partial charge in [0.15, 0.2) is 0 Å². The molecule has 5 nitrogen and oxygen atoms in total. The van der Waals surface area contributed by atoms with Gasteiger partial charge in [-0.15, -0.1) is 0 Å². The van der Waals surface area contributed by atoms with Crippen molar-refractivity contribution in [2.45, 2.75) is 37.8 Å². The number of ether oxygens (including phenoxy) is 1. The van der Waals surface area contributed by atoms with E-state index >= 15 is 0 Å². The van der Waals surface area contributed by atoms with E-state index in [1.54, 1.807) is 6.20 Å². The number of hydrogen-bond donors (Lipinski definition) is 1. The first-order chi connectivity index (χ1) is 9.25. The van der Waals surface area contributed by atoms with E-state index in [1.807, 2.05) is 4.68 Å². The second kappa shape index (κ2) is 5.69. The first kappa shape index (κ1) is 13.2. The van der Waals surface area contributed by atoms with Gasteiger partial charge < -0.3 is 15.4 Å². The third-order valence-corrected chi connectivity index (χ3v) is 4.70. The predicted octanol–water partition coefficient (Wildman–Crippen LogP) is 1.93. The Kier molecular flexibility index (Phi) is 3.96. The van der Waals surface area contributed by atoms with Gasteiger partial charge in [0, 0.05) is 32.3 Å². The van der Waals surface area contributed by atoms with Gasteiger partial charge in [0.05, 0.1) is 17.9 Å². The summed E-state index contributed by atoms with van der Waals surface area (Å²) in [6.07, 6.45) is 6.17. The van der Waals surface area contributed by atoms with Crippen molar-refractivity contribution < 1.29 is 4.74 Å². The Morgan fingerprint density at radius 3 is 2.42 bits per heavy atom. The molecular formula is C13H21ClN4O. The quantitative estimate of drug-likeness (QED) is 0.902. The molecule has 0 unspecified atom stereocenters. The van der Waals surface area contributed by atoms with Crippen molar-refractivity contribution >= 4 is 17.3 Å². The minimum absolute atomic E-state index is 0.390. The number of rotatable bonds is 2. The molecule has 1 aromatic heterocycles. The lowest BCUT2D eigenvalue weighted by molar-refractivity contribution is 0.0213. The summed E-state index contributed by atoms with van der Waals surface area (Å²) in [7, 11) is 0. The highest BCUT2D eigenvalue weighted by molar-refractivity contribution is 6.32. The van der Waals surface area contributed by atoms with E-state index in [1.165, 1.54) is 12.8 Å². The van der Waals surface area contributed by atoms with Gasteiger partial charge in [-0.2, -0.15) is 5.10 Å². The normalized spacial score (nSPS) is 23.8. The molecule has 0 spiro atoms. The highest BCUT2D eigenvalue weighted by Crippen LogP contribution is 2.30. The number of nitrogens with zero attached hydrogens (tertiary/aromatic N) is 3. The van der Waals surface area contributed by atoms with Crippen LogP contribution in [-0.4, -0.2) is 47.0 Å². The van der Waals surface area contributed by atoms with Gasteiger partial charge in [-0.05, 0) is 25.7 Å². The van der Waals surface area contributed by atoms with Crippen LogP contribution in [0.25, 0.3) is 0 Å². The molecule has 2 fully saturated rings. The van der Waals surface area contributed by atoms with Crippen LogP contribution in [0, 0.1) is 0 Å². The molecule has 0 atom stereocenters. The van der Waals surface area contributed by atoms with Crippen molar-refractivity contribution in [1.29, 1.82) is 0 Å². The van der Waals surface area contributed by atoms with Crippen LogP contribution in [-0.2, 0) is 4.74 Å². The molecule has 2 aliphatic rings. The zero-order chi connectivity index (χ0) is 13.2. The van der Waals surface area contributed by atoms with E-state index in [2.05, 4.69) is 10.00 Å². The maximum atomic E-state index is 6.17. The third-order valence-electron chi connectivity index (χ3n) is 4.31. The first-order valence-corrected chi connectivity index (χ1v) is 7.44. The van der Waals surface area contributed by atoms with Crippen LogP contribution in [0.5, 0.6) is 0 Å². The minimum atomic E-state index is 0.390. The number of halogens is 1. The lowest BCUT2D eigenvalue weighted by Gasteiger charge is -2.39. The Morgan fingerprint density at radius 1 is 1.16 bits per heavy atom. The maximum absolute atomic E-state index is 6.17. The Morgan fingerprint density at radius 2 is 1.84 bits per heavy atom. The molecule has 0 saturated carbocycles. The SMILES string of the molecule is Nc1cnn(C2CCN(C3CCOCC3)CC2)c1Cl. The number of hydrogen-bond acceptors (Lipinski definition) is 4. The average molecular weight is 285 g/mol. The van der Waals surface area contributed by atoms with Crippen molar-refractivity contribution in [3.05, 3.63) is 11.3 Å². The second-order valence-corrected chi connectivity index (χ2v) is 5.80. The number of aromatic nitrogens is 2. The summed E-state index contributed by atoms with van der Waals surface area (Å²) in [5.74, 6) is 0. The first-order valence-electron chi connectivity index (χ1n) is 7.06. The molecule has 3 rings (SSSR count). The van der Waals surface area contributed by atoms with Gasteiger partial charge in [0.1, 0.15) is 5.15 Å². The lowest BCUT2D eigenvalue weighted by atomic mass is 10.00. The van der Waals surface area contributed by atoms with Gasteiger partial charge in [0.25, 0.3) is 0 Å². The molecule has 3 heterocycles. The van der Waals surface area contributed by atoms with Crippen molar-refractivity contribution in [2.24, 2.45) is 0 Å². The smallest absolute Gasteiger partial charge is 0.150 e. The molecule has 2 saturated heterocycles. The number of piperidine rings is 1. The zero-order valence-corrected chi connectivity index (χ0v) is 11.9. The number of likely N-dealkylation sites (tertiary alicyclic amines) is 1. The molecule has 6 heteroatoms. The number of anilines is 1. The van der Waals surface area contributed by atoms with Crippen LogP contribution in [0.4, 0.5) is 5.69 Å². The van der Waals surface area contributed by atoms with Crippen molar-refractivity contribution in [3.8, 4) is 0 Å². The Bertz CT molecular complexity index is 422. The van der Waals surface area contributed by atoms with Crippen molar-refractivity contribution in [1.82, 2.24) is 14.7 Å². The standard InChI is InChI=1S/C13H21ClN4O/c14-13-12(15)9-16-18(13)11-1-5-17(6-2-11)10-3-7-19-8-4-10/h9-11H,1-8,15H2. The summed E-state index contributed by atoms with van der Waals surface area (Å²) in [6, 6.07) is 1.09. The van der Waals surface area contributed by atoms with Gasteiger partial charge in [-0.3, -0.25) is 0 Å². The topological polar surface area (TPSA) is 56.3 Å². The molecule has 0 aliphatic carbocycles. The van der Waals surface area contributed by atoms with Gasteiger partial charge in [-0.1, -0.05) is 11.6 Å². The van der Waals surface area contributed by atoms with E-state index in [0.29, 0.717) is 22.9 Å². The van der Waals surface area contributed by atoms with Crippen LogP contribution in [0.3, 0.4) is 0 Å². The molecular weight excluding hydrogens is 264 g/mol. The zero-order valence-electron chi connectivity index (χ0n) is 11.1. The van der Waals surface area contributed by atoms with E-state index < -0.39 is 0 Å². The average Bonchev–Trinajstić information content (AvgIpc) is 2.80. The second-order valence-electron chi connectivity index (χ2n) is 5.45. The fraction of sp³-hybridized carbons (Fsp3) is 0.769. The predicted molar refractivity (Wildman–Crippen MR) is 75.3 cm³/mol. The highest BCUT2D eigenvalue weighted by Gasteiger charge is 2.28. The summed E-state index contributed by atoms with van der Waals surface area (Å²) in [6.45, 7) is 4.05. The van der Waals surface area contributed by atoms with Crippen LogP contribution in [0.1, 0.15) is 31.7 Å². The summed E-state index contributed by atoms with van der Waals surface area (Å²) < 4.78 is 7.31. The van der Waals surface area contributed by atoms with Gasteiger partial charge >= 0.3 is 0 Å². The Hall–Kier alpha value is -0.780. The largest absolute Gasteiger partial charge is 0.395 e. The lowest BCUT2D eigenvalue weighted by Crippen LogP contribution is -2.44. The van der Waals surface area contributed by atoms with Crippen LogP contribution < -0.4 is 5.73 Å². The molecule has 2 aliphatic heterocycles.